The highest BCUT2D eigenvalue weighted by Gasteiger charge is 2.26. The summed E-state index contributed by atoms with van der Waals surface area (Å²) < 4.78 is 8.74. The summed E-state index contributed by atoms with van der Waals surface area (Å²) in [5, 5.41) is 10.4. The van der Waals surface area contributed by atoms with Crippen LogP contribution in [0.3, 0.4) is 0 Å². The largest absolute Gasteiger partial charge is 0.495 e. The maximum Gasteiger partial charge on any atom is 0.329 e. The van der Waals surface area contributed by atoms with Crippen LogP contribution >= 0.6 is 11.6 Å². The van der Waals surface area contributed by atoms with Crippen LogP contribution < -0.4 is 10.4 Å². The molecule has 1 N–H and O–H groups in total. The lowest BCUT2D eigenvalue weighted by atomic mass is 9.93. The summed E-state index contributed by atoms with van der Waals surface area (Å²) in [6.07, 6.45) is 2.58. The van der Waals surface area contributed by atoms with E-state index in [1.807, 2.05) is 16.7 Å². The Hall–Kier alpha value is -2.57. The van der Waals surface area contributed by atoms with Crippen LogP contribution in [-0.2, 0) is 6.54 Å². The average molecular weight is 429 g/mol. The van der Waals surface area contributed by atoms with Crippen molar-refractivity contribution in [1.29, 1.82) is 0 Å². The predicted molar refractivity (Wildman–Crippen MR) is 117 cm³/mol. The highest BCUT2D eigenvalue weighted by Crippen LogP contribution is 2.31. The molecule has 158 valence electrons. The van der Waals surface area contributed by atoms with Crippen molar-refractivity contribution in [1.82, 2.24) is 9.13 Å². The molecular formula is C23H25ClN2O4. The Bertz CT molecular complexity index is 1160. The maximum atomic E-state index is 13.5. The predicted octanol–water partition coefficient (Wildman–Crippen LogP) is 4.19. The zero-order valence-electron chi connectivity index (χ0n) is 17.1. The van der Waals surface area contributed by atoms with E-state index in [-0.39, 0.29) is 23.6 Å². The van der Waals surface area contributed by atoms with Crippen molar-refractivity contribution in [2.24, 2.45) is 0 Å². The van der Waals surface area contributed by atoms with Gasteiger partial charge in [-0.1, -0.05) is 17.7 Å². The molecule has 7 heteroatoms. The summed E-state index contributed by atoms with van der Waals surface area (Å²) in [5.41, 5.74) is 2.87. The molecule has 4 rings (SSSR count). The highest BCUT2D eigenvalue weighted by atomic mass is 35.5. The van der Waals surface area contributed by atoms with E-state index in [2.05, 4.69) is 0 Å². The van der Waals surface area contributed by atoms with Crippen molar-refractivity contribution in [2.45, 2.75) is 51.3 Å². The summed E-state index contributed by atoms with van der Waals surface area (Å²) in [4.78, 5) is 25.4. The fourth-order valence-electron chi connectivity index (χ4n) is 4.31. The van der Waals surface area contributed by atoms with E-state index in [0.717, 1.165) is 29.4 Å². The zero-order valence-corrected chi connectivity index (χ0v) is 17.9. The Kier molecular flexibility index (Phi) is 5.71. The molecule has 0 spiro atoms. The summed E-state index contributed by atoms with van der Waals surface area (Å²) >= 11 is 6.28. The smallest absolute Gasteiger partial charge is 0.329 e. The SMILES string of the molecule is COc1ccc(Cn2c(=O)n(C3CCC(O)CC3)c3ccc(C(C)=O)cc32)cc1Cl. The van der Waals surface area contributed by atoms with Gasteiger partial charge >= 0.3 is 5.69 Å². The monoisotopic (exact) mass is 428 g/mol. The van der Waals surface area contributed by atoms with Crippen molar-refractivity contribution in [3.05, 3.63) is 63.0 Å². The van der Waals surface area contributed by atoms with Crippen molar-refractivity contribution in [3.63, 3.8) is 0 Å². The zero-order chi connectivity index (χ0) is 21.4. The Morgan fingerprint density at radius 2 is 1.87 bits per heavy atom. The summed E-state index contributed by atoms with van der Waals surface area (Å²) in [5.74, 6) is 0.534. The van der Waals surface area contributed by atoms with E-state index < -0.39 is 0 Å². The highest BCUT2D eigenvalue weighted by molar-refractivity contribution is 6.32. The lowest BCUT2D eigenvalue weighted by Crippen LogP contribution is -2.31. The minimum atomic E-state index is -0.295. The number of hydrogen-bond donors (Lipinski definition) is 1. The van der Waals surface area contributed by atoms with E-state index in [1.165, 1.54) is 6.92 Å². The van der Waals surface area contributed by atoms with Gasteiger partial charge in [0, 0.05) is 11.6 Å². The number of benzene rings is 2. The second kappa shape index (κ2) is 8.28. The lowest BCUT2D eigenvalue weighted by Gasteiger charge is -2.26. The molecule has 0 saturated heterocycles. The van der Waals surface area contributed by atoms with Crippen molar-refractivity contribution < 1.29 is 14.6 Å². The number of aliphatic hydroxyl groups is 1. The van der Waals surface area contributed by atoms with E-state index in [1.54, 1.807) is 35.9 Å². The number of methoxy groups -OCH3 is 1. The first-order valence-corrected chi connectivity index (χ1v) is 10.5. The number of fused-ring (bicyclic) bond motifs is 1. The third-order valence-corrected chi connectivity index (χ3v) is 6.25. The molecular weight excluding hydrogens is 404 g/mol. The van der Waals surface area contributed by atoms with Gasteiger partial charge in [-0.15, -0.1) is 0 Å². The molecule has 1 aliphatic carbocycles. The molecule has 1 aromatic heterocycles. The number of hydrogen-bond acceptors (Lipinski definition) is 4. The molecule has 0 unspecified atom stereocenters. The van der Waals surface area contributed by atoms with Crippen molar-refractivity contribution >= 4 is 28.4 Å². The Labute approximate surface area is 179 Å². The van der Waals surface area contributed by atoms with E-state index >= 15 is 0 Å². The van der Waals surface area contributed by atoms with Crippen LogP contribution in [0.4, 0.5) is 0 Å². The minimum absolute atomic E-state index is 0.0345. The standard InChI is InChI=1S/C23H25ClN2O4/c1-14(27)16-4-9-20-21(12-16)25(13-15-3-10-22(30-2)19(24)11-15)23(29)26(20)17-5-7-18(28)8-6-17/h3-4,9-12,17-18,28H,5-8,13H2,1-2H3. The van der Waals surface area contributed by atoms with E-state index in [9.17, 15) is 14.7 Å². The van der Waals surface area contributed by atoms with Gasteiger partial charge in [0.15, 0.2) is 5.78 Å². The molecule has 0 radical (unpaired) electrons. The number of carbonyl (C=O) groups excluding carboxylic acids is 1. The first-order chi connectivity index (χ1) is 14.4. The Balaban J connectivity index is 1.84. The van der Waals surface area contributed by atoms with Crippen molar-refractivity contribution in [2.75, 3.05) is 7.11 Å². The molecule has 0 bridgehead atoms. The minimum Gasteiger partial charge on any atom is -0.495 e. The topological polar surface area (TPSA) is 73.5 Å². The second-order valence-corrected chi connectivity index (χ2v) is 8.34. The quantitative estimate of drug-likeness (QED) is 0.618. The van der Waals surface area contributed by atoms with Crippen LogP contribution in [0.5, 0.6) is 5.75 Å². The number of rotatable bonds is 5. The van der Waals surface area contributed by atoms with Crippen molar-refractivity contribution in [3.8, 4) is 5.75 Å². The summed E-state index contributed by atoms with van der Waals surface area (Å²) in [6, 6.07) is 10.9. The molecule has 0 aliphatic heterocycles. The van der Waals surface area contributed by atoms with Crippen LogP contribution in [0.1, 0.15) is 54.6 Å². The molecule has 0 atom stereocenters. The number of nitrogens with zero attached hydrogens (tertiary/aromatic N) is 2. The van der Waals surface area contributed by atoms with Crippen LogP contribution in [0, 0.1) is 0 Å². The number of Topliss-reactive ketones (excluding diaryl/α,β-unsaturated/α-hetero) is 1. The van der Waals surface area contributed by atoms with Crippen LogP contribution in [-0.4, -0.2) is 33.2 Å². The lowest BCUT2D eigenvalue weighted by molar-refractivity contribution is 0.101. The van der Waals surface area contributed by atoms with Gasteiger partial charge < -0.3 is 9.84 Å². The molecule has 30 heavy (non-hydrogen) atoms. The fraction of sp³-hybridized carbons (Fsp3) is 0.391. The molecule has 6 nitrogen and oxygen atoms in total. The number of carbonyl (C=O) groups is 1. The first-order valence-electron chi connectivity index (χ1n) is 10.1. The first kappa shape index (κ1) is 20.7. The number of aromatic nitrogens is 2. The van der Waals surface area contributed by atoms with E-state index in [4.69, 9.17) is 16.3 Å². The van der Waals surface area contributed by atoms with Crippen LogP contribution in [0.15, 0.2) is 41.2 Å². The van der Waals surface area contributed by atoms with Gasteiger partial charge in [-0.2, -0.15) is 0 Å². The van der Waals surface area contributed by atoms with Gasteiger partial charge in [0.05, 0.1) is 35.8 Å². The van der Waals surface area contributed by atoms with Gasteiger partial charge in [0.2, 0.25) is 0 Å². The molecule has 1 saturated carbocycles. The number of aliphatic hydroxyl groups excluding tert-OH is 1. The van der Waals surface area contributed by atoms with Gasteiger partial charge in [-0.05, 0) is 68.5 Å². The van der Waals surface area contributed by atoms with Gasteiger partial charge in [-0.3, -0.25) is 13.9 Å². The average Bonchev–Trinajstić information content (AvgIpc) is 3.00. The maximum absolute atomic E-state index is 13.5. The van der Waals surface area contributed by atoms with Crippen LogP contribution in [0.25, 0.3) is 11.0 Å². The third-order valence-electron chi connectivity index (χ3n) is 5.96. The molecule has 1 aliphatic rings. The third kappa shape index (κ3) is 3.77. The summed E-state index contributed by atoms with van der Waals surface area (Å²) in [6.45, 7) is 1.86. The summed E-state index contributed by atoms with van der Waals surface area (Å²) in [7, 11) is 1.56. The number of halogens is 1. The fourth-order valence-corrected chi connectivity index (χ4v) is 4.59. The van der Waals surface area contributed by atoms with Crippen LogP contribution in [0.2, 0.25) is 5.02 Å². The van der Waals surface area contributed by atoms with Gasteiger partial charge in [0.1, 0.15) is 5.75 Å². The normalized spacial score (nSPS) is 19.2. The van der Waals surface area contributed by atoms with Gasteiger partial charge in [0.25, 0.3) is 0 Å². The second-order valence-electron chi connectivity index (χ2n) is 7.93. The molecule has 2 aromatic carbocycles. The number of imidazole rings is 1. The molecule has 1 fully saturated rings. The number of ketones is 1. The number of ether oxygens (including phenoxy) is 1. The van der Waals surface area contributed by atoms with Gasteiger partial charge in [-0.25, -0.2) is 4.79 Å². The Morgan fingerprint density at radius 3 is 2.50 bits per heavy atom. The Morgan fingerprint density at radius 1 is 1.13 bits per heavy atom. The van der Waals surface area contributed by atoms with E-state index in [0.29, 0.717) is 35.7 Å². The molecule has 3 aromatic rings. The molecule has 1 heterocycles. The molecule has 0 amide bonds.